The van der Waals surface area contributed by atoms with Crippen molar-refractivity contribution in [3.63, 3.8) is 0 Å². The van der Waals surface area contributed by atoms with Gasteiger partial charge in [0.15, 0.2) is 0 Å². The minimum Gasteiger partial charge on any atom is -0.437 e. The molecule has 1 atom stereocenters. The van der Waals surface area contributed by atoms with E-state index in [0.29, 0.717) is 32.6 Å². The number of methoxy groups -OCH3 is 1. The molecule has 3 heterocycles. The number of carbonyl (C=O) groups excluding carboxylic acids is 2. The minimum absolute atomic E-state index is 0.0564. The second-order valence-corrected chi connectivity index (χ2v) is 6.54. The van der Waals surface area contributed by atoms with Gasteiger partial charge >= 0.3 is 5.91 Å². The van der Waals surface area contributed by atoms with E-state index in [1.54, 1.807) is 31.0 Å². The zero-order chi connectivity index (χ0) is 17.3. The van der Waals surface area contributed by atoms with Crippen LogP contribution in [0.2, 0.25) is 0 Å². The molecule has 0 N–H and O–H groups in total. The molecule has 3 rings (SSSR count). The number of likely N-dealkylation sites (N-methyl/N-ethyl adjacent to an activating group) is 1. The zero-order valence-electron chi connectivity index (χ0n) is 14.4. The van der Waals surface area contributed by atoms with Crippen LogP contribution in [0.5, 0.6) is 0 Å². The SMILES string of the molecule is CO[C@H]1CCN(C(=O)c2nc3c(o2)CCN(CC(=O)N(C)C)C3)C1. The van der Waals surface area contributed by atoms with Gasteiger partial charge in [-0.25, -0.2) is 4.98 Å². The fourth-order valence-electron chi connectivity index (χ4n) is 3.05. The Morgan fingerprint density at radius 3 is 2.83 bits per heavy atom. The maximum Gasteiger partial charge on any atom is 0.309 e. The number of fused-ring (bicyclic) bond motifs is 1. The molecule has 0 aliphatic carbocycles. The molecule has 1 aromatic rings. The van der Waals surface area contributed by atoms with Gasteiger partial charge in [0.25, 0.3) is 5.89 Å². The maximum atomic E-state index is 12.5. The summed E-state index contributed by atoms with van der Waals surface area (Å²) in [7, 11) is 5.15. The number of oxazole rings is 1. The van der Waals surface area contributed by atoms with Gasteiger partial charge in [0.05, 0.1) is 18.3 Å². The summed E-state index contributed by atoms with van der Waals surface area (Å²) in [5.41, 5.74) is 0.763. The number of rotatable bonds is 4. The van der Waals surface area contributed by atoms with Gasteiger partial charge in [0, 0.05) is 53.8 Å². The first kappa shape index (κ1) is 16.9. The summed E-state index contributed by atoms with van der Waals surface area (Å²) in [5, 5.41) is 0. The van der Waals surface area contributed by atoms with Crippen molar-refractivity contribution < 1.29 is 18.7 Å². The number of aromatic nitrogens is 1. The number of hydrogen-bond donors (Lipinski definition) is 0. The number of likely N-dealkylation sites (tertiary alicyclic amines) is 1. The predicted octanol–water partition coefficient (Wildman–Crippen LogP) is -0.0182. The number of nitrogens with zero attached hydrogens (tertiary/aromatic N) is 4. The smallest absolute Gasteiger partial charge is 0.309 e. The highest BCUT2D eigenvalue weighted by Gasteiger charge is 2.32. The van der Waals surface area contributed by atoms with Gasteiger partial charge in [0.1, 0.15) is 5.76 Å². The van der Waals surface area contributed by atoms with Crippen LogP contribution in [0.4, 0.5) is 0 Å². The number of hydrogen-bond acceptors (Lipinski definition) is 6. The van der Waals surface area contributed by atoms with E-state index in [9.17, 15) is 9.59 Å². The lowest BCUT2D eigenvalue weighted by Gasteiger charge is -2.25. The van der Waals surface area contributed by atoms with Gasteiger partial charge < -0.3 is 19.0 Å². The molecule has 0 spiro atoms. The molecule has 0 saturated carbocycles. The van der Waals surface area contributed by atoms with Crippen LogP contribution >= 0.6 is 0 Å². The fraction of sp³-hybridized carbons (Fsp3) is 0.688. The quantitative estimate of drug-likeness (QED) is 0.769. The van der Waals surface area contributed by atoms with Crippen LogP contribution in [0.25, 0.3) is 0 Å². The van der Waals surface area contributed by atoms with Crippen molar-refractivity contribution in [3.8, 4) is 0 Å². The van der Waals surface area contributed by atoms with Gasteiger partial charge in [-0.15, -0.1) is 0 Å². The molecule has 132 valence electrons. The van der Waals surface area contributed by atoms with E-state index in [-0.39, 0.29) is 23.8 Å². The lowest BCUT2D eigenvalue weighted by Crippen LogP contribution is -2.39. The normalized spacial score (nSPS) is 21.0. The van der Waals surface area contributed by atoms with Crippen molar-refractivity contribution >= 4 is 11.8 Å². The largest absolute Gasteiger partial charge is 0.437 e. The van der Waals surface area contributed by atoms with E-state index in [0.717, 1.165) is 24.4 Å². The van der Waals surface area contributed by atoms with Gasteiger partial charge in [-0.3, -0.25) is 14.5 Å². The predicted molar refractivity (Wildman–Crippen MR) is 85.5 cm³/mol. The summed E-state index contributed by atoms with van der Waals surface area (Å²) in [4.78, 5) is 34.1. The Kier molecular flexibility index (Phi) is 4.86. The summed E-state index contributed by atoms with van der Waals surface area (Å²) in [5.74, 6) is 0.785. The molecule has 8 nitrogen and oxygen atoms in total. The Morgan fingerprint density at radius 2 is 2.17 bits per heavy atom. The topological polar surface area (TPSA) is 79.1 Å². The molecule has 1 fully saturated rings. The van der Waals surface area contributed by atoms with Crippen molar-refractivity contribution in [2.24, 2.45) is 0 Å². The molecule has 2 aliphatic rings. The second-order valence-electron chi connectivity index (χ2n) is 6.54. The second kappa shape index (κ2) is 6.90. The molecule has 24 heavy (non-hydrogen) atoms. The Bertz CT molecular complexity index is 628. The van der Waals surface area contributed by atoms with Gasteiger partial charge in [-0.05, 0) is 6.42 Å². The number of carbonyl (C=O) groups is 2. The van der Waals surface area contributed by atoms with E-state index in [4.69, 9.17) is 9.15 Å². The van der Waals surface area contributed by atoms with Crippen LogP contribution in [-0.2, 0) is 22.5 Å². The van der Waals surface area contributed by atoms with Crippen LogP contribution in [0.1, 0.15) is 28.6 Å². The van der Waals surface area contributed by atoms with Gasteiger partial charge in [-0.2, -0.15) is 0 Å². The van der Waals surface area contributed by atoms with Crippen LogP contribution < -0.4 is 0 Å². The maximum absolute atomic E-state index is 12.5. The monoisotopic (exact) mass is 336 g/mol. The third-order valence-electron chi connectivity index (χ3n) is 4.61. The van der Waals surface area contributed by atoms with Crippen LogP contribution in [0.3, 0.4) is 0 Å². The lowest BCUT2D eigenvalue weighted by atomic mass is 10.1. The van der Waals surface area contributed by atoms with E-state index in [1.165, 1.54) is 0 Å². The Morgan fingerprint density at radius 1 is 1.38 bits per heavy atom. The average molecular weight is 336 g/mol. The Labute approximate surface area is 141 Å². The average Bonchev–Trinajstić information content (AvgIpc) is 3.20. The summed E-state index contributed by atoms with van der Waals surface area (Å²) in [6.45, 7) is 2.85. The number of amides is 2. The summed E-state index contributed by atoms with van der Waals surface area (Å²) in [6, 6.07) is 0. The zero-order valence-corrected chi connectivity index (χ0v) is 14.4. The van der Waals surface area contributed by atoms with Crippen molar-refractivity contribution in [3.05, 3.63) is 17.3 Å². The highest BCUT2D eigenvalue weighted by molar-refractivity contribution is 5.90. The molecule has 0 bridgehead atoms. The first-order valence-electron chi connectivity index (χ1n) is 8.21. The number of ether oxygens (including phenoxy) is 1. The first-order valence-corrected chi connectivity index (χ1v) is 8.21. The van der Waals surface area contributed by atoms with Crippen molar-refractivity contribution in [1.29, 1.82) is 0 Å². The molecular weight excluding hydrogens is 312 g/mol. The Balaban J connectivity index is 1.65. The standard InChI is InChI=1S/C16H24N4O4/c1-18(2)14(21)10-19-6-5-13-12(9-19)17-15(24-13)16(22)20-7-4-11(8-20)23-3/h11H,4-10H2,1-3H3/t11-/m0/s1. The third-order valence-corrected chi connectivity index (χ3v) is 4.61. The molecule has 0 unspecified atom stereocenters. The van der Waals surface area contributed by atoms with Crippen LogP contribution in [-0.4, -0.2) is 85.0 Å². The summed E-state index contributed by atoms with van der Waals surface area (Å²) in [6.07, 6.45) is 1.59. The van der Waals surface area contributed by atoms with E-state index in [1.807, 2.05) is 4.90 Å². The summed E-state index contributed by atoms with van der Waals surface area (Å²) < 4.78 is 11.0. The van der Waals surface area contributed by atoms with E-state index >= 15 is 0 Å². The van der Waals surface area contributed by atoms with Gasteiger partial charge in [-0.1, -0.05) is 0 Å². The Hall–Kier alpha value is -1.93. The molecule has 2 aliphatic heterocycles. The highest BCUT2D eigenvalue weighted by Crippen LogP contribution is 2.22. The fourth-order valence-corrected chi connectivity index (χ4v) is 3.05. The molecule has 0 radical (unpaired) electrons. The van der Waals surface area contributed by atoms with Crippen molar-refractivity contribution in [1.82, 2.24) is 19.7 Å². The molecule has 0 aromatic carbocycles. The highest BCUT2D eigenvalue weighted by atomic mass is 16.5. The van der Waals surface area contributed by atoms with Crippen LogP contribution in [0.15, 0.2) is 4.42 Å². The van der Waals surface area contributed by atoms with E-state index in [2.05, 4.69) is 4.98 Å². The lowest BCUT2D eigenvalue weighted by molar-refractivity contribution is -0.130. The van der Waals surface area contributed by atoms with Crippen molar-refractivity contribution in [2.45, 2.75) is 25.5 Å². The molecule has 2 amide bonds. The molecule has 1 saturated heterocycles. The minimum atomic E-state index is -0.181. The van der Waals surface area contributed by atoms with Crippen molar-refractivity contribution in [2.75, 3.05) is 47.4 Å². The van der Waals surface area contributed by atoms with E-state index < -0.39 is 0 Å². The molecule has 1 aromatic heterocycles. The van der Waals surface area contributed by atoms with Gasteiger partial charge in [0.2, 0.25) is 5.91 Å². The third kappa shape index (κ3) is 3.44. The molecular formula is C16H24N4O4. The molecule has 8 heteroatoms. The first-order chi connectivity index (χ1) is 11.5. The summed E-state index contributed by atoms with van der Waals surface area (Å²) >= 11 is 0. The van der Waals surface area contributed by atoms with Crippen LogP contribution in [0, 0.1) is 0 Å².